The summed E-state index contributed by atoms with van der Waals surface area (Å²) in [6.07, 6.45) is 3.34. The largest absolute Gasteiger partial charge is 0.394 e. The van der Waals surface area contributed by atoms with Crippen LogP contribution in [0, 0.1) is 5.41 Å². The lowest BCUT2D eigenvalue weighted by molar-refractivity contribution is -0.213. The summed E-state index contributed by atoms with van der Waals surface area (Å²) in [4.78, 5) is 14.2. The van der Waals surface area contributed by atoms with Gasteiger partial charge in [0.05, 0.1) is 31.2 Å². The number of hydrogen-bond acceptors (Lipinski definition) is 7. The van der Waals surface area contributed by atoms with Crippen LogP contribution in [0.1, 0.15) is 19.3 Å². The molecule has 1 aliphatic heterocycles. The summed E-state index contributed by atoms with van der Waals surface area (Å²) in [5, 5.41) is 27.6. The topological polar surface area (TPSA) is 101 Å². The van der Waals surface area contributed by atoms with Crippen molar-refractivity contribution < 1.29 is 19.7 Å². The van der Waals surface area contributed by atoms with Crippen LogP contribution in [-0.4, -0.2) is 80.0 Å². The number of likely N-dealkylation sites (tertiary alicyclic amines) is 1. The Morgan fingerprint density at radius 3 is 2.83 bits per heavy atom. The molecule has 1 amide bonds. The van der Waals surface area contributed by atoms with E-state index in [1.165, 1.54) is 11.8 Å². The Labute approximate surface area is 145 Å². The number of hydrogen-bond donors (Lipinski definition) is 2. The number of aryl methyl sites for hydroxylation is 1. The number of amides is 1. The van der Waals surface area contributed by atoms with E-state index < -0.39 is 0 Å². The summed E-state index contributed by atoms with van der Waals surface area (Å²) in [7, 11) is 1.85. The SMILES string of the molecule is Cn1cnnc1SCC(=O)N1CCC2(CC1)[C@H](O)C[C@@H]2OCCO. The molecule has 1 spiro atoms. The molecule has 2 heterocycles. The molecule has 0 unspecified atom stereocenters. The first-order valence-corrected chi connectivity index (χ1v) is 9.20. The Hall–Kier alpha value is -1.16. The first-order valence-electron chi connectivity index (χ1n) is 8.22. The first-order chi connectivity index (χ1) is 11.6. The maximum atomic E-state index is 12.4. The molecule has 1 saturated carbocycles. The Morgan fingerprint density at radius 2 is 2.25 bits per heavy atom. The molecule has 24 heavy (non-hydrogen) atoms. The molecule has 1 aromatic heterocycles. The van der Waals surface area contributed by atoms with Crippen molar-refractivity contribution in [3.63, 3.8) is 0 Å². The molecule has 3 rings (SSSR count). The molecular weight excluding hydrogens is 332 g/mol. The Balaban J connectivity index is 1.49. The summed E-state index contributed by atoms with van der Waals surface area (Å²) in [5.41, 5.74) is -0.247. The van der Waals surface area contributed by atoms with Crippen molar-refractivity contribution >= 4 is 17.7 Å². The number of rotatable bonds is 6. The number of aliphatic hydroxyl groups is 2. The molecule has 1 saturated heterocycles. The molecule has 1 aromatic rings. The van der Waals surface area contributed by atoms with Crippen molar-refractivity contribution in [1.82, 2.24) is 19.7 Å². The molecule has 0 bridgehead atoms. The summed E-state index contributed by atoms with van der Waals surface area (Å²) in [6, 6.07) is 0. The van der Waals surface area contributed by atoms with Gasteiger partial charge < -0.3 is 24.4 Å². The molecule has 9 heteroatoms. The fourth-order valence-corrected chi connectivity index (χ4v) is 4.39. The molecule has 2 N–H and O–H groups in total. The molecule has 2 atom stereocenters. The van der Waals surface area contributed by atoms with Crippen LogP contribution in [0.4, 0.5) is 0 Å². The average molecular weight is 356 g/mol. The van der Waals surface area contributed by atoms with Crippen LogP contribution < -0.4 is 0 Å². The fourth-order valence-electron chi connectivity index (χ4n) is 3.60. The first kappa shape index (κ1) is 17.7. The third kappa shape index (κ3) is 3.30. The highest BCUT2D eigenvalue weighted by Crippen LogP contribution is 2.50. The zero-order chi connectivity index (χ0) is 17.2. The summed E-state index contributed by atoms with van der Waals surface area (Å²) in [5.74, 6) is 0.423. The zero-order valence-corrected chi connectivity index (χ0v) is 14.6. The number of piperidine rings is 1. The molecule has 134 valence electrons. The second kappa shape index (κ2) is 7.38. The van der Waals surface area contributed by atoms with E-state index in [2.05, 4.69) is 10.2 Å². The Morgan fingerprint density at radius 1 is 1.50 bits per heavy atom. The molecule has 8 nitrogen and oxygen atoms in total. The highest BCUT2D eigenvalue weighted by atomic mass is 32.2. The third-order valence-electron chi connectivity index (χ3n) is 5.19. The van der Waals surface area contributed by atoms with E-state index in [-0.39, 0.29) is 30.1 Å². The van der Waals surface area contributed by atoms with Gasteiger partial charge in [-0.05, 0) is 12.8 Å². The lowest BCUT2D eigenvalue weighted by Crippen LogP contribution is -2.63. The normalized spacial score (nSPS) is 25.7. The van der Waals surface area contributed by atoms with Crippen LogP contribution in [-0.2, 0) is 16.6 Å². The van der Waals surface area contributed by atoms with Gasteiger partial charge in [-0.3, -0.25) is 4.79 Å². The van der Waals surface area contributed by atoms with Gasteiger partial charge in [0, 0.05) is 32.0 Å². The smallest absolute Gasteiger partial charge is 0.233 e. The monoisotopic (exact) mass is 356 g/mol. The average Bonchev–Trinajstić information content (AvgIpc) is 3.01. The van der Waals surface area contributed by atoms with Crippen LogP contribution in [0.5, 0.6) is 0 Å². The number of aliphatic hydroxyl groups excluding tert-OH is 2. The number of ether oxygens (including phenoxy) is 1. The lowest BCUT2D eigenvalue weighted by atomic mass is 9.58. The maximum Gasteiger partial charge on any atom is 0.233 e. The molecular formula is C15H24N4O4S. The van der Waals surface area contributed by atoms with Crippen LogP contribution in [0.3, 0.4) is 0 Å². The van der Waals surface area contributed by atoms with Crippen molar-refractivity contribution in [2.24, 2.45) is 12.5 Å². The van der Waals surface area contributed by atoms with Crippen molar-refractivity contribution in [3.8, 4) is 0 Å². The highest BCUT2D eigenvalue weighted by molar-refractivity contribution is 7.99. The van der Waals surface area contributed by atoms with Crippen LogP contribution in [0.15, 0.2) is 11.5 Å². The van der Waals surface area contributed by atoms with Crippen molar-refractivity contribution in [1.29, 1.82) is 0 Å². The van der Waals surface area contributed by atoms with Crippen molar-refractivity contribution in [2.75, 3.05) is 32.1 Å². The maximum absolute atomic E-state index is 12.4. The van der Waals surface area contributed by atoms with E-state index in [1.807, 2.05) is 11.9 Å². The second-order valence-corrected chi connectivity index (χ2v) is 7.40. The van der Waals surface area contributed by atoms with E-state index in [0.717, 1.165) is 18.0 Å². The number of carbonyl (C=O) groups is 1. The van der Waals surface area contributed by atoms with Gasteiger partial charge in [-0.15, -0.1) is 10.2 Å². The van der Waals surface area contributed by atoms with Crippen LogP contribution >= 0.6 is 11.8 Å². The minimum atomic E-state index is -0.369. The van der Waals surface area contributed by atoms with Gasteiger partial charge in [-0.25, -0.2) is 0 Å². The molecule has 2 fully saturated rings. The lowest BCUT2D eigenvalue weighted by Gasteiger charge is -2.56. The summed E-state index contributed by atoms with van der Waals surface area (Å²) < 4.78 is 7.45. The fraction of sp³-hybridized carbons (Fsp3) is 0.800. The van der Waals surface area contributed by atoms with E-state index in [4.69, 9.17) is 9.84 Å². The standard InChI is InChI=1S/C15H24N4O4S/c1-18-10-16-17-14(18)24-9-13(22)19-4-2-15(3-5-19)11(21)8-12(15)23-7-6-20/h10-12,20-21H,2-9H2,1H3/t11-,12+/m1/s1. The van der Waals surface area contributed by atoms with Gasteiger partial charge in [0.25, 0.3) is 0 Å². The van der Waals surface area contributed by atoms with Gasteiger partial charge in [-0.2, -0.15) is 0 Å². The van der Waals surface area contributed by atoms with E-state index in [1.54, 1.807) is 10.9 Å². The minimum Gasteiger partial charge on any atom is -0.394 e. The number of nitrogens with zero attached hydrogens (tertiary/aromatic N) is 4. The van der Waals surface area contributed by atoms with Gasteiger partial charge in [0.15, 0.2) is 5.16 Å². The number of aromatic nitrogens is 3. The molecule has 0 aromatic carbocycles. The second-order valence-electron chi connectivity index (χ2n) is 6.46. The van der Waals surface area contributed by atoms with Gasteiger partial charge in [0.2, 0.25) is 5.91 Å². The zero-order valence-electron chi connectivity index (χ0n) is 13.8. The van der Waals surface area contributed by atoms with Crippen LogP contribution in [0.25, 0.3) is 0 Å². The highest BCUT2D eigenvalue weighted by Gasteiger charge is 2.56. The predicted octanol–water partition coefficient (Wildman–Crippen LogP) is -0.342. The van der Waals surface area contributed by atoms with Gasteiger partial charge in [-0.1, -0.05) is 11.8 Å². The van der Waals surface area contributed by atoms with Gasteiger partial charge in [0.1, 0.15) is 6.33 Å². The van der Waals surface area contributed by atoms with Crippen LogP contribution in [0.2, 0.25) is 0 Å². The summed E-state index contributed by atoms with van der Waals surface area (Å²) in [6.45, 7) is 1.56. The Kier molecular flexibility index (Phi) is 5.43. The number of thioether (sulfide) groups is 1. The van der Waals surface area contributed by atoms with E-state index in [9.17, 15) is 9.90 Å². The van der Waals surface area contributed by atoms with E-state index in [0.29, 0.717) is 31.9 Å². The van der Waals surface area contributed by atoms with Crippen molar-refractivity contribution in [3.05, 3.63) is 6.33 Å². The summed E-state index contributed by atoms with van der Waals surface area (Å²) >= 11 is 1.38. The third-order valence-corrected chi connectivity index (χ3v) is 6.21. The Bertz CT molecular complexity index is 574. The van der Waals surface area contributed by atoms with Gasteiger partial charge >= 0.3 is 0 Å². The minimum absolute atomic E-state index is 0.00738. The predicted molar refractivity (Wildman–Crippen MR) is 87.4 cm³/mol. The quantitative estimate of drug-likeness (QED) is 0.673. The molecule has 1 aliphatic carbocycles. The molecule has 0 radical (unpaired) electrons. The number of carbonyl (C=O) groups excluding carboxylic acids is 1. The molecule has 2 aliphatic rings. The van der Waals surface area contributed by atoms with Crippen molar-refractivity contribution in [2.45, 2.75) is 36.6 Å². The van der Waals surface area contributed by atoms with E-state index >= 15 is 0 Å².